The molecule has 0 bridgehead atoms. The van der Waals surface area contributed by atoms with Crippen LogP contribution < -0.4 is 0 Å². The van der Waals surface area contributed by atoms with Crippen molar-refractivity contribution in [2.24, 2.45) is 5.92 Å². The van der Waals surface area contributed by atoms with Gasteiger partial charge >= 0.3 is 12.0 Å². The number of hydrogen-bond acceptors (Lipinski definition) is 4. The van der Waals surface area contributed by atoms with Gasteiger partial charge in [0.25, 0.3) is 0 Å². The summed E-state index contributed by atoms with van der Waals surface area (Å²) in [6.45, 7) is 2.75. The first kappa shape index (κ1) is 16.7. The van der Waals surface area contributed by atoms with Gasteiger partial charge in [-0.3, -0.25) is 4.79 Å². The van der Waals surface area contributed by atoms with Crippen molar-refractivity contribution >= 4 is 12.0 Å². The van der Waals surface area contributed by atoms with Gasteiger partial charge in [0.15, 0.2) is 0 Å². The van der Waals surface area contributed by atoms with Gasteiger partial charge in [-0.1, -0.05) is 0 Å². The number of carboxylic acids is 1. The third-order valence-electron chi connectivity index (χ3n) is 3.44. The molecule has 0 unspecified atom stereocenters. The third kappa shape index (κ3) is 4.97. The van der Waals surface area contributed by atoms with E-state index in [1.54, 1.807) is 24.0 Å². The Morgan fingerprint density at radius 2 is 1.85 bits per heavy atom. The molecule has 0 saturated carbocycles. The maximum absolute atomic E-state index is 12.4. The zero-order valence-corrected chi connectivity index (χ0v) is 12.2. The van der Waals surface area contributed by atoms with Crippen LogP contribution >= 0.6 is 0 Å². The summed E-state index contributed by atoms with van der Waals surface area (Å²) in [4.78, 5) is 26.7. The summed E-state index contributed by atoms with van der Waals surface area (Å²) >= 11 is 0. The molecule has 116 valence electrons. The van der Waals surface area contributed by atoms with Crippen LogP contribution in [0.4, 0.5) is 4.79 Å². The second kappa shape index (κ2) is 8.76. The molecule has 0 aliphatic carbocycles. The van der Waals surface area contributed by atoms with E-state index in [-0.39, 0.29) is 12.6 Å². The van der Waals surface area contributed by atoms with Gasteiger partial charge in [-0.25, -0.2) is 4.79 Å². The Kier molecular flexibility index (Phi) is 7.32. The summed E-state index contributed by atoms with van der Waals surface area (Å²) < 4.78 is 10.0. The first-order valence-electron chi connectivity index (χ1n) is 6.84. The molecule has 1 saturated heterocycles. The Bertz CT molecular complexity index is 316. The molecular weight excluding hydrogens is 264 g/mol. The van der Waals surface area contributed by atoms with Gasteiger partial charge < -0.3 is 24.4 Å². The number of likely N-dealkylation sites (tertiary alicyclic amines) is 1. The van der Waals surface area contributed by atoms with Gasteiger partial charge in [0.05, 0.1) is 19.1 Å². The van der Waals surface area contributed by atoms with Crippen molar-refractivity contribution in [3.05, 3.63) is 0 Å². The maximum atomic E-state index is 12.4. The summed E-state index contributed by atoms with van der Waals surface area (Å²) in [5.41, 5.74) is 0. The largest absolute Gasteiger partial charge is 0.481 e. The maximum Gasteiger partial charge on any atom is 0.320 e. The van der Waals surface area contributed by atoms with E-state index in [1.807, 2.05) is 0 Å². The lowest BCUT2D eigenvalue weighted by Crippen LogP contribution is -2.50. The Morgan fingerprint density at radius 1 is 1.25 bits per heavy atom. The highest BCUT2D eigenvalue weighted by Gasteiger charge is 2.30. The van der Waals surface area contributed by atoms with Crippen LogP contribution in [0.5, 0.6) is 0 Å². The Morgan fingerprint density at radius 3 is 2.35 bits per heavy atom. The minimum Gasteiger partial charge on any atom is -0.481 e. The molecular formula is C13H24N2O5. The van der Waals surface area contributed by atoms with E-state index in [2.05, 4.69) is 0 Å². The van der Waals surface area contributed by atoms with Gasteiger partial charge in [0.1, 0.15) is 0 Å². The fourth-order valence-corrected chi connectivity index (χ4v) is 2.26. The fourth-order valence-electron chi connectivity index (χ4n) is 2.26. The number of urea groups is 1. The third-order valence-corrected chi connectivity index (χ3v) is 3.44. The van der Waals surface area contributed by atoms with Gasteiger partial charge in [-0.2, -0.15) is 0 Å². The van der Waals surface area contributed by atoms with Crippen molar-refractivity contribution in [1.82, 2.24) is 9.80 Å². The van der Waals surface area contributed by atoms with E-state index in [4.69, 9.17) is 14.6 Å². The van der Waals surface area contributed by atoms with E-state index in [0.29, 0.717) is 39.3 Å². The number of piperidine rings is 1. The SMILES string of the molecule is COCCN(CCOC)C(=O)N1CCC[C@@H](C(=O)O)C1. The minimum atomic E-state index is -0.831. The van der Waals surface area contributed by atoms with Crippen LogP contribution in [0.1, 0.15) is 12.8 Å². The molecule has 0 aromatic carbocycles. The summed E-state index contributed by atoms with van der Waals surface area (Å²) in [6.07, 6.45) is 1.36. The Hall–Kier alpha value is -1.34. The number of nitrogens with zero attached hydrogens (tertiary/aromatic N) is 2. The number of rotatable bonds is 7. The topological polar surface area (TPSA) is 79.3 Å². The highest BCUT2D eigenvalue weighted by atomic mass is 16.5. The van der Waals surface area contributed by atoms with E-state index in [1.165, 1.54) is 0 Å². The number of amides is 2. The predicted molar refractivity (Wildman–Crippen MR) is 72.7 cm³/mol. The van der Waals surface area contributed by atoms with Crippen LogP contribution in [0.15, 0.2) is 0 Å². The van der Waals surface area contributed by atoms with Crippen LogP contribution in [0.3, 0.4) is 0 Å². The van der Waals surface area contributed by atoms with Crippen molar-refractivity contribution in [2.75, 3.05) is 53.6 Å². The number of carbonyl (C=O) groups is 2. The average molecular weight is 288 g/mol. The molecule has 0 aromatic heterocycles. The van der Waals surface area contributed by atoms with Gasteiger partial charge in [-0.05, 0) is 12.8 Å². The summed E-state index contributed by atoms with van der Waals surface area (Å²) in [7, 11) is 3.17. The molecule has 1 aliphatic rings. The van der Waals surface area contributed by atoms with Crippen LogP contribution in [-0.2, 0) is 14.3 Å². The fraction of sp³-hybridized carbons (Fsp3) is 0.846. The molecule has 1 N–H and O–H groups in total. The van der Waals surface area contributed by atoms with Crippen LogP contribution in [0, 0.1) is 5.92 Å². The Labute approximate surface area is 119 Å². The van der Waals surface area contributed by atoms with Crippen molar-refractivity contribution < 1.29 is 24.2 Å². The molecule has 0 aromatic rings. The number of aliphatic carboxylic acids is 1. The predicted octanol–water partition coefficient (Wildman–Crippen LogP) is 0.498. The lowest BCUT2D eigenvalue weighted by atomic mass is 9.99. The zero-order valence-electron chi connectivity index (χ0n) is 12.2. The number of ether oxygens (including phenoxy) is 2. The van der Waals surface area contributed by atoms with Gasteiger partial charge in [-0.15, -0.1) is 0 Å². The molecule has 2 amide bonds. The Balaban J connectivity index is 2.59. The molecule has 1 atom stereocenters. The first-order chi connectivity index (χ1) is 9.60. The molecule has 1 heterocycles. The van der Waals surface area contributed by atoms with Crippen LogP contribution in [0.2, 0.25) is 0 Å². The van der Waals surface area contributed by atoms with Gasteiger partial charge in [0.2, 0.25) is 0 Å². The second-order valence-corrected chi connectivity index (χ2v) is 4.88. The lowest BCUT2D eigenvalue weighted by molar-refractivity contribution is -0.143. The summed E-state index contributed by atoms with van der Waals surface area (Å²) in [6, 6.07) is -0.134. The highest BCUT2D eigenvalue weighted by molar-refractivity contribution is 5.76. The molecule has 7 nitrogen and oxygen atoms in total. The van der Waals surface area contributed by atoms with Crippen molar-refractivity contribution in [1.29, 1.82) is 0 Å². The second-order valence-electron chi connectivity index (χ2n) is 4.88. The number of carbonyl (C=O) groups excluding carboxylic acids is 1. The van der Waals surface area contributed by atoms with E-state index < -0.39 is 11.9 Å². The zero-order chi connectivity index (χ0) is 15.0. The molecule has 0 spiro atoms. The summed E-state index contributed by atoms with van der Waals surface area (Å²) in [5.74, 6) is -1.29. The smallest absolute Gasteiger partial charge is 0.320 e. The normalized spacial score (nSPS) is 18.9. The number of methoxy groups -OCH3 is 2. The highest BCUT2D eigenvalue weighted by Crippen LogP contribution is 2.18. The monoisotopic (exact) mass is 288 g/mol. The molecule has 20 heavy (non-hydrogen) atoms. The molecule has 1 rings (SSSR count). The van der Waals surface area contributed by atoms with Crippen molar-refractivity contribution in [2.45, 2.75) is 12.8 Å². The summed E-state index contributed by atoms with van der Waals surface area (Å²) in [5, 5.41) is 9.07. The molecule has 0 radical (unpaired) electrons. The molecule has 1 fully saturated rings. The number of carboxylic acid groups (broad SMARTS) is 1. The van der Waals surface area contributed by atoms with Crippen molar-refractivity contribution in [3.8, 4) is 0 Å². The average Bonchev–Trinajstić information content (AvgIpc) is 2.47. The van der Waals surface area contributed by atoms with E-state index in [9.17, 15) is 9.59 Å². The lowest BCUT2D eigenvalue weighted by Gasteiger charge is -2.35. The minimum absolute atomic E-state index is 0.134. The molecule has 7 heteroatoms. The van der Waals surface area contributed by atoms with Gasteiger partial charge in [0, 0.05) is 40.4 Å². The molecule has 1 aliphatic heterocycles. The van der Waals surface area contributed by atoms with Crippen LogP contribution in [-0.4, -0.2) is 80.5 Å². The number of hydrogen-bond donors (Lipinski definition) is 1. The first-order valence-corrected chi connectivity index (χ1v) is 6.84. The van der Waals surface area contributed by atoms with E-state index >= 15 is 0 Å². The van der Waals surface area contributed by atoms with Crippen molar-refractivity contribution in [3.63, 3.8) is 0 Å². The van der Waals surface area contributed by atoms with Crippen LogP contribution in [0.25, 0.3) is 0 Å². The van der Waals surface area contributed by atoms with E-state index in [0.717, 1.165) is 6.42 Å². The standard InChI is InChI=1S/C13H24N2O5/c1-19-8-6-14(7-9-20-2)13(18)15-5-3-4-11(10-15)12(16)17/h11H,3-10H2,1-2H3,(H,16,17)/t11-/m1/s1. The quantitative estimate of drug-likeness (QED) is 0.738.